The highest BCUT2D eigenvalue weighted by atomic mass is 16.6. The van der Waals surface area contributed by atoms with Gasteiger partial charge in [0.1, 0.15) is 12.2 Å². The summed E-state index contributed by atoms with van der Waals surface area (Å²) < 4.78 is 23.4. The fraction of sp³-hybridized carbons (Fsp3) is 0.640. The van der Waals surface area contributed by atoms with Crippen LogP contribution in [0, 0.1) is 5.92 Å². The molecule has 2 heterocycles. The van der Waals surface area contributed by atoms with Gasteiger partial charge in [-0.25, -0.2) is 14.4 Å². The van der Waals surface area contributed by atoms with Crippen LogP contribution in [0.5, 0.6) is 0 Å². The van der Waals surface area contributed by atoms with Crippen molar-refractivity contribution in [2.45, 2.75) is 97.2 Å². The van der Waals surface area contributed by atoms with Gasteiger partial charge in [-0.05, 0) is 67.4 Å². The number of allylic oxidation sites excluding steroid dienone is 3. The molecule has 0 bridgehead atoms. The van der Waals surface area contributed by atoms with Gasteiger partial charge in [0, 0.05) is 17.6 Å². The molecule has 0 saturated carbocycles. The van der Waals surface area contributed by atoms with Crippen molar-refractivity contribution in [2.24, 2.45) is 5.92 Å². The number of esters is 3. The molecule has 2 fully saturated rings. The summed E-state index contributed by atoms with van der Waals surface area (Å²) in [4.78, 5) is 38.5. The molecule has 3 rings (SSSR count). The van der Waals surface area contributed by atoms with E-state index in [-0.39, 0.29) is 6.10 Å². The van der Waals surface area contributed by atoms with Crippen molar-refractivity contribution in [3.8, 4) is 0 Å². The Morgan fingerprint density at radius 1 is 1.12 bits per heavy atom. The summed E-state index contributed by atoms with van der Waals surface area (Å²) in [5.74, 6) is -2.44. The third-order valence-corrected chi connectivity index (χ3v) is 7.00. The highest BCUT2D eigenvalue weighted by molar-refractivity contribution is 5.92. The van der Waals surface area contributed by atoms with Crippen LogP contribution in [0.15, 0.2) is 34.9 Å². The van der Waals surface area contributed by atoms with Crippen LogP contribution in [-0.2, 0) is 33.3 Å². The SMILES string of the molecule is C/C=C(/C)C(=O)O[C@@H]1/C=C(\C)CC[C@H]2O[C@]2(C)CC2OC(=O)[C@](C)(OC(=O)/C(C)=C\C)[C@@H]21. The molecule has 6 atom stereocenters. The van der Waals surface area contributed by atoms with E-state index in [4.69, 9.17) is 18.9 Å². The lowest BCUT2D eigenvalue weighted by atomic mass is 9.77. The van der Waals surface area contributed by atoms with Crippen LogP contribution >= 0.6 is 0 Å². The van der Waals surface area contributed by atoms with Crippen molar-refractivity contribution >= 4 is 17.9 Å². The van der Waals surface area contributed by atoms with E-state index >= 15 is 0 Å². The molecule has 0 aromatic rings. The molecule has 0 spiro atoms. The summed E-state index contributed by atoms with van der Waals surface area (Å²) in [7, 11) is 0. The minimum Gasteiger partial charge on any atom is -0.459 e. The zero-order valence-corrected chi connectivity index (χ0v) is 20.0. The Hall–Kier alpha value is -2.41. The van der Waals surface area contributed by atoms with Crippen LogP contribution in [0.25, 0.3) is 0 Å². The van der Waals surface area contributed by atoms with Crippen molar-refractivity contribution in [3.63, 3.8) is 0 Å². The maximum absolute atomic E-state index is 13.1. The Morgan fingerprint density at radius 2 is 1.75 bits per heavy atom. The standard InChI is InChI=1S/C25H34O7/c1-8-15(4)21(26)29-17-12-14(3)10-11-19-24(6,31-19)13-18-20(17)25(7,23(28)30-18)32-22(27)16(5)9-2/h8-9,12,17-20H,10-11,13H2,1-7H3/b14-12+,15-8-,16-9-/t17-,18?,19-,20-,24-,25-/m1/s1. The summed E-state index contributed by atoms with van der Waals surface area (Å²) in [6.45, 7) is 12.3. The molecule has 0 amide bonds. The lowest BCUT2D eigenvalue weighted by molar-refractivity contribution is -0.174. The van der Waals surface area contributed by atoms with Crippen LogP contribution in [0.3, 0.4) is 0 Å². The predicted molar refractivity (Wildman–Crippen MR) is 117 cm³/mol. The van der Waals surface area contributed by atoms with Crippen molar-refractivity contribution in [1.82, 2.24) is 0 Å². The number of epoxide rings is 1. The second-order valence-corrected chi connectivity index (χ2v) is 9.45. The molecule has 0 aromatic carbocycles. The normalized spacial score (nSPS) is 39.1. The first-order valence-electron chi connectivity index (χ1n) is 11.2. The van der Waals surface area contributed by atoms with Gasteiger partial charge in [0.2, 0.25) is 5.60 Å². The topological polar surface area (TPSA) is 91.4 Å². The molecule has 7 heteroatoms. The molecule has 2 saturated heterocycles. The summed E-state index contributed by atoms with van der Waals surface area (Å²) in [5.41, 5.74) is -0.196. The van der Waals surface area contributed by atoms with E-state index in [0.29, 0.717) is 17.6 Å². The van der Waals surface area contributed by atoms with Gasteiger partial charge in [0.25, 0.3) is 0 Å². The molecule has 32 heavy (non-hydrogen) atoms. The van der Waals surface area contributed by atoms with Crippen LogP contribution in [0.2, 0.25) is 0 Å². The summed E-state index contributed by atoms with van der Waals surface area (Å²) in [6, 6.07) is 0. The maximum Gasteiger partial charge on any atom is 0.351 e. The van der Waals surface area contributed by atoms with E-state index < -0.39 is 47.2 Å². The molecule has 7 nitrogen and oxygen atoms in total. The second-order valence-electron chi connectivity index (χ2n) is 9.45. The molecular weight excluding hydrogens is 412 g/mol. The average Bonchev–Trinajstić information content (AvgIpc) is 3.31. The minimum absolute atomic E-state index is 0.0780. The Morgan fingerprint density at radius 3 is 2.38 bits per heavy atom. The quantitative estimate of drug-likeness (QED) is 0.212. The Bertz CT molecular complexity index is 898. The molecule has 0 radical (unpaired) electrons. The average molecular weight is 447 g/mol. The Balaban J connectivity index is 2.06. The molecule has 2 aliphatic heterocycles. The number of carbonyl (C=O) groups excluding carboxylic acids is 3. The Kier molecular flexibility index (Phi) is 6.70. The summed E-state index contributed by atoms with van der Waals surface area (Å²) in [5, 5.41) is 0. The van der Waals surface area contributed by atoms with Crippen molar-refractivity contribution in [1.29, 1.82) is 0 Å². The lowest BCUT2D eigenvalue weighted by Crippen LogP contribution is -2.50. The van der Waals surface area contributed by atoms with Gasteiger partial charge in [-0.2, -0.15) is 0 Å². The third-order valence-electron chi connectivity index (χ3n) is 7.00. The highest BCUT2D eigenvalue weighted by Gasteiger charge is 2.64. The fourth-order valence-corrected chi connectivity index (χ4v) is 4.52. The molecule has 0 aromatic heterocycles. The molecule has 3 aliphatic rings. The Labute approximate surface area is 189 Å². The monoisotopic (exact) mass is 446 g/mol. The van der Waals surface area contributed by atoms with Crippen molar-refractivity contribution in [2.75, 3.05) is 0 Å². The van der Waals surface area contributed by atoms with E-state index in [0.717, 1.165) is 18.4 Å². The number of carbonyl (C=O) groups is 3. The van der Waals surface area contributed by atoms with Gasteiger partial charge in [-0.15, -0.1) is 0 Å². The predicted octanol–water partition coefficient (Wildman–Crippen LogP) is 3.96. The zero-order chi connectivity index (χ0) is 23.8. The number of rotatable bonds is 4. The highest BCUT2D eigenvalue weighted by Crippen LogP contribution is 2.50. The molecule has 0 N–H and O–H groups in total. The number of hydrogen-bond donors (Lipinski definition) is 0. The molecular formula is C25H34O7. The van der Waals surface area contributed by atoms with E-state index in [9.17, 15) is 14.4 Å². The smallest absolute Gasteiger partial charge is 0.351 e. The van der Waals surface area contributed by atoms with E-state index in [1.165, 1.54) is 0 Å². The van der Waals surface area contributed by atoms with E-state index in [2.05, 4.69) is 0 Å². The van der Waals surface area contributed by atoms with Gasteiger partial charge < -0.3 is 18.9 Å². The number of fused-ring (bicyclic) bond motifs is 2. The van der Waals surface area contributed by atoms with Gasteiger partial charge in [-0.1, -0.05) is 17.7 Å². The lowest BCUT2D eigenvalue weighted by Gasteiger charge is -2.34. The summed E-state index contributed by atoms with van der Waals surface area (Å²) in [6.07, 6.45) is 5.84. The first-order valence-corrected chi connectivity index (χ1v) is 11.2. The fourth-order valence-electron chi connectivity index (χ4n) is 4.52. The van der Waals surface area contributed by atoms with Gasteiger partial charge >= 0.3 is 17.9 Å². The first-order chi connectivity index (χ1) is 14.9. The third kappa shape index (κ3) is 4.53. The molecule has 1 unspecified atom stereocenters. The first kappa shape index (κ1) is 24.2. The largest absolute Gasteiger partial charge is 0.459 e. The maximum atomic E-state index is 13.1. The van der Waals surface area contributed by atoms with Gasteiger partial charge in [-0.3, -0.25) is 0 Å². The molecule has 176 valence electrons. The van der Waals surface area contributed by atoms with Crippen LogP contribution in [0.4, 0.5) is 0 Å². The van der Waals surface area contributed by atoms with Crippen LogP contribution in [-0.4, -0.2) is 47.4 Å². The van der Waals surface area contributed by atoms with E-state index in [1.54, 1.807) is 46.8 Å². The second kappa shape index (κ2) is 8.85. The van der Waals surface area contributed by atoms with Crippen LogP contribution < -0.4 is 0 Å². The van der Waals surface area contributed by atoms with Crippen LogP contribution in [0.1, 0.15) is 67.7 Å². The number of ether oxygens (including phenoxy) is 4. The van der Waals surface area contributed by atoms with E-state index in [1.807, 2.05) is 19.9 Å². The zero-order valence-electron chi connectivity index (χ0n) is 20.0. The van der Waals surface area contributed by atoms with Gasteiger partial charge in [0.15, 0.2) is 0 Å². The van der Waals surface area contributed by atoms with Crippen molar-refractivity contribution < 1.29 is 33.3 Å². The minimum atomic E-state index is -1.61. The molecule has 1 aliphatic carbocycles. The van der Waals surface area contributed by atoms with Crippen molar-refractivity contribution in [3.05, 3.63) is 34.9 Å². The number of hydrogen-bond acceptors (Lipinski definition) is 7. The van der Waals surface area contributed by atoms with Gasteiger partial charge in [0.05, 0.1) is 17.6 Å². The summed E-state index contributed by atoms with van der Waals surface area (Å²) >= 11 is 0.